The third-order valence-corrected chi connectivity index (χ3v) is 3.96. The van der Waals surface area contributed by atoms with Gasteiger partial charge in [-0.25, -0.2) is 0 Å². The molecule has 0 spiro atoms. The van der Waals surface area contributed by atoms with Crippen molar-refractivity contribution < 1.29 is 9.90 Å². The lowest BCUT2D eigenvalue weighted by Gasteiger charge is -2.18. The summed E-state index contributed by atoms with van der Waals surface area (Å²) in [6.07, 6.45) is 0.906. The van der Waals surface area contributed by atoms with Gasteiger partial charge in [0.15, 0.2) is 0 Å². The summed E-state index contributed by atoms with van der Waals surface area (Å²) in [5.41, 5.74) is 0.895. The van der Waals surface area contributed by atoms with Crippen molar-refractivity contribution >= 4 is 40.5 Å². The van der Waals surface area contributed by atoms with Crippen molar-refractivity contribution in [1.82, 2.24) is 4.90 Å². The molecule has 0 amide bonds. The Bertz CT molecular complexity index is 368. The highest BCUT2D eigenvalue weighted by molar-refractivity contribution is 7.15. The minimum atomic E-state index is -0.828. The van der Waals surface area contributed by atoms with Gasteiger partial charge in [0, 0.05) is 6.54 Å². The summed E-state index contributed by atoms with van der Waals surface area (Å²) < 4.78 is 0.559. The molecule has 0 aliphatic heterocycles. The van der Waals surface area contributed by atoms with Gasteiger partial charge in [-0.05, 0) is 23.9 Å². The van der Waals surface area contributed by atoms with Gasteiger partial charge < -0.3 is 5.11 Å². The standard InChI is InChI=1S/C10H13Cl2NO2S/c1-2-3-13(5-8(14)15)4-7-6-16-10(12)9(7)11/h6H,2-5H2,1H3,(H,14,15). The molecular weight excluding hydrogens is 269 g/mol. The lowest BCUT2D eigenvalue weighted by Crippen LogP contribution is -2.29. The van der Waals surface area contributed by atoms with Gasteiger partial charge in [-0.3, -0.25) is 9.69 Å². The van der Waals surface area contributed by atoms with Gasteiger partial charge in [0.1, 0.15) is 4.34 Å². The number of rotatable bonds is 6. The number of aliphatic carboxylic acids is 1. The molecule has 1 heterocycles. The summed E-state index contributed by atoms with van der Waals surface area (Å²) in [4.78, 5) is 12.5. The monoisotopic (exact) mass is 281 g/mol. The van der Waals surface area contributed by atoms with Crippen LogP contribution in [0.1, 0.15) is 18.9 Å². The number of nitrogens with zero attached hydrogens (tertiary/aromatic N) is 1. The van der Waals surface area contributed by atoms with Crippen LogP contribution in [-0.2, 0) is 11.3 Å². The average molecular weight is 282 g/mol. The molecule has 0 aromatic carbocycles. The maximum atomic E-state index is 10.7. The van der Waals surface area contributed by atoms with Crippen LogP contribution >= 0.6 is 34.5 Å². The lowest BCUT2D eigenvalue weighted by molar-refractivity contribution is -0.138. The van der Waals surface area contributed by atoms with Crippen LogP contribution in [-0.4, -0.2) is 29.1 Å². The summed E-state index contributed by atoms with van der Waals surface area (Å²) in [7, 11) is 0. The average Bonchev–Trinajstić information content (AvgIpc) is 2.49. The maximum absolute atomic E-state index is 10.7. The fourth-order valence-corrected chi connectivity index (χ4v) is 2.66. The molecule has 0 aliphatic rings. The predicted octanol–water partition coefficient (Wildman–Crippen LogP) is 3.35. The first-order chi connectivity index (χ1) is 7.54. The number of hydrogen-bond donors (Lipinski definition) is 1. The number of hydrogen-bond acceptors (Lipinski definition) is 3. The van der Waals surface area contributed by atoms with Crippen molar-refractivity contribution in [3.05, 3.63) is 20.3 Å². The molecule has 3 nitrogen and oxygen atoms in total. The second-order valence-electron chi connectivity index (χ2n) is 3.45. The van der Waals surface area contributed by atoms with E-state index in [2.05, 4.69) is 0 Å². The van der Waals surface area contributed by atoms with Crippen LogP contribution in [0.4, 0.5) is 0 Å². The minimum Gasteiger partial charge on any atom is -0.480 e. The second-order valence-corrected chi connectivity index (χ2v) is 5.31. The van der Waals surface area contributed by atoms with Crippen LogP contribution in [0.15, 0.2) is 5.38 Å². The number of carboxylic acids is 1. The maximum Gasteiger partial charge on any atom is 0.317 e. The Kier molecular flexibility index (Phi) is 5.55. The van der Waals surface area contributed by atoms with Crippen molar-refractivity contribution in [3.63, 3.8) is 0 Å². The molecular formula is C10H13Cl2NO2S. The van der Waals surface area contributed by atoms with Crippen LogP contribution in [0.2, 0.25) is 9.36 Å². The van der Waals surface area contributed by atoms with Crippen LogP contribution in [0, 0.1) is 0 Å². The fraction of sp³-hybridized carbons (Fsp3) is 0.500. The van der Waals surface area contributed by atoms with E-state index in [1.807, 2.05) is 17.2 Å². The van der Waals surface area contributed by atoms with Crippen LogP contribution in [0.5, 0.6) is 0 Å². The Morgan fingerprint density at radius 1 is 1.56 bits per heavy atom. The molecule has 0 atom stereocenters. The molecule has 1 rings (SSSR count). The molecule has 1 N–H and O–H groups in total. The van der Waals surface area contributed by atoms with Crippen LogP contribution < -0.4 is 0 Å². The van der Waals surface area contributed by atoms with Crippen molar-refractivity contribution in [3.8, 4) is 0 Å². The molecule has 0 aliphatic carbocycles. The molecule has 0 radical (unpaired) electrons. The zero-order valence-corrected chi connectivity index (χ0v) is 11.2. The summed E-state index contributed by atoms with van der Waals surface area (Å²) in [5, 5.41) is 11.2. The molecule has 90 valence electrons. The van der Waals surface area contributed by atoms with E-state index in [-0.39, 0.29) is 6.54 Å². The number of thiophene rings is 1. The van der Waals surface area contributed by atoms with E-state index in [0.29, 0.717) is 15.9 Å². The number of carboxylic acid groups (broad SMARTS) is 1. The van der Waals surface area contributed by atoms with E-state index in [4.69, 9.17) is 28.3 Å². The first kappa shape index (κ1) is 13.8. The highest BCUT2D eigenvalue weighted by Gasteiger charge is 2.14. The lowest BCUT2D eigenvalue weighted by atomic mass is 10.3. The Hall–Kier alpha value is -0.290. The molecule has 1 aromatic rings. The Morgan fingerprint density at radius 3 is 2.69 bits per heavy atom. The quantitative estimate of drug-likeness (QED) is 0.869. The molecule has 0 saturated heterocycles. The van der Waals surface area contributed by atoms with Crippen molar-refractivity contribution in [1.29, 1.82) is 0 Å². The van der Waals surface area contributed by atoms with Crippen LogP contribution in [0.3, 0.4) is 0 Å². The molecule has 1 aromatic heterocycles. The molecule has 0 saturated carbocycles. The second kappa shape index (κ2) is 6.45. The largest absolute Gasteiger partial charge is 0.480 e. The zero-order chi connectivity index (χ0) is 12.1. The Morgan fingerprint density at radius 2 is 2.25 bits per heavy atom. The van der Waals surface area contributed by atoms with Gasteiger partial charge >= 0.3 is 5.97 Å². The molecule has 0 unspecified atom stereocenters. The van der Waals surface area contributed by atoms with Crippen LogP contribution in [0.25, 0.3) is 0 Å². The van der Waals surface area contributed by atoms with Crippen molar-refractivity contribution in [2.75, 3.05) is 13.1 Å². The highest BCUT2D eigenvalue weighted by Crippen LogP contribution is 2.33. The van der Waals surface area contributed by atoms with E-state index in [1.165, 1.54) is 11.3 Å². The summed E-state index contributed by atoms with van der Waals surface area (Å²) in [6, 6.07) is 0. The first-order valence-corrected chi connectivity index (χ1v) is 6.53. The third-order valence-electron chi connectivity index (χ3n) is 2.05. The van der Waals surface area contributed by atoms with E-state index < -0.39 is 5.97 Å². The van der Waals surface area contributed by atoms with Gasteiger partial charge in [0.25, 0.3) is 0 Å². The molecule has 0 bridgehead atoms. The van der Waals surface area contributed by atoms with Crippen molar-refractivity contribution in [2.24, 2.45) is 0 Å². The number of carbonyl (C=O) groups is 1. The van der Waals surface area contributed by atoms with E-state index >= 15 is 0 Å². The highest BCUT2D eigenvalue weighted by atomic mass is 35.5. The summed E-state index contributed by atoms with van der Waals surface area (Å²) in [5.74, 6) is -0.828. The normalized spacial score (nSPS) is 11.0. The summed E-state index contributed by atoms with van der Waals surface area (Å²) in [6.45, 7) is 3.30. The summed E-state index contributed by atoms with van der Waals surface area (Å²) >= 11 is 13.2. The minimum absolute atomic E-state index is 0.0254. The Balaban J connectivity index is 2.67. The van der Waals surface area contributed by atoms with Gasteiger partial charge in [0.05, 0.1) is 11.6 Å². The van der Waals surface area contributed by atoms with Gasteiger partial charge in [-0.15, -0.1) is 11.3 Å². The van der Waals surface area contributed by atoms with Crippen molar-refractivity contribution in [2.45, 2.75) is 19.9 Å². The third kappa shape index (κ3) is 3.94. The Labute approximate surface area is 109 Å². The van der Waals surface area contributed by atoms with Gasteiger partial charge in [-0.2, -0.15) is 0 Å². The molecule has 0 fully saturated rings. The number of halogens is 2. The molecule has 6 heteroatoms. The van der Waals surface area contributed by atoms with E-state index in [9.17, 15) is 4.79 Å². The first-order valence-electron chi connectivity index (χ1n) is 4.90. The predicted molar refractivity (Wildman–Crippen MR) is 67.5 cm³/mol. The fourth-order valence-electron chi connectivity index (χ4n) is 1.42. The zero-order valence-electron chi connectivity index (χ0n) is 8.87. The smallest absolute Gasteiger partial charge is 0.317 e. The molecule has 16 heavy (non-hydrogen) atoms. The van der Waals surface area contributed by atoms with Gasteiger partial charge in [0.2, 0.25) is 0 Å². The topological polar surface area (TPSA) is 40.5 Å². The van der Waals surface area contributed by atoms with Gasteiger partial charge in [-0.1, -0.05) is 30.1 Å². The SMILES string of the molecule is CCCN(CC(=O)O)Cc1csc(Cl)c1Cl. The van der Waals surface area contributed by atoms with E-state index in [1.54, 1.807) is 0 Å². The van der Waals surface area contributed by atoms with E-state index in [0.717, 1.165) is 18.5 Å².